The standard InChI is InChI=1S/C61H67F2N11O6/c1-36-11-13-38(76)27-42(36)51-49(63)53-43(30-65-51)54(71-22-4-16-58(2,78)32-71)68-57(67-53)80-35-61-20-8-26-74(61)45(15-21-61)39-14-12-37(31-75)47-40(39)9-3-10-41(47)50-48(62)52-44(29-64-50)55(72-23-5-17-59(33-72)28-46(77)70-59)69-56(66-52)79-34-60-18-6-24-73(60)25-7-19-60/h3,9-14,27,29-30,45,75-76,78H,4-8,15-26,28,31-35H2,1-2H3,(H,70,77). The van der Waals surface area contributed by atoms with Gasteiger partial charge in [-0.1, -0.05) is 36.4 Å². The first-order valence-electron chi connectivity index (χ1n) is 28.7. The maximum absolute atomic E-state index is 17.9. The number of aliphatic hydroxyl groups is 2. The number of piperidine rings is 2. The molecule has 17 nitrogen and oxygen atoms in total. The van der Waals surface area contributed by atoms with Gasteiger partial charge in [0.2, 0.25) is 5.91 Å². The number of pyridine rings is 2. The SMILES string of the molecule is Cc1ccc(O)cc1-c1ncc2c(N3CCCC(C)(O)C3)nc(OCC34CCCN3C(c3ccc(CO)c5c(-c6ncc7c(N8CCCC9(CC(=O)N9)C8)nc(OCC89CCCN8CCC9)nc7c6F)cccc35)CC4)nc2c1F. The van der Waals surface area contributed by atoms with Gasteiger partial charge in [-0.2, -0.15) is 19.9 Å². The Labute approximate surface area is 462 Å². The van der Waals surface area contributed by atoms with E-state index >= 15 is 8.78 Å². The number of nitrogens with one attached hydrogen (secondary N) is 1. The van der Waals surface area contributed by atoms with Crippen LogP contribution in [0.2, 0.25) is 0 Å². The van der Waals surface area contributed by atoms with Gasteiger partial charge in [0, 0.05) is 55.7 Å². The van der Waals surface area contributed by atoms with Crippen molar-refractivity contribution >= 4 is 50.1 Å². The molecule has 0 radical (unpaired) electrons. The minimum absolute atomic E-state index is 0.00761. The highest BCUT2D eigenvalue weighted by atomic mass is 19.1. The number of phenolic OH excluding ortho intramolecular Hbond substituents is 1. The number of phenols is 1. The Morgan fingerprint density at radius 2 is 1.34 bits per heavy atom. The van der Waals surface area contributed by atoms with Crippen LogP contribution >= 0.6 is 0 Å². The van der Waals surface area contributed by atoms with Gasteiger partial charge < -0.3 is 39.9 Å². The number of carbonyl (C=O) groups excluding carboxylic acids is 1. The Balaban J connectivity index is 0.803. The van der Waals surface area contributed by atoms with Crippen LogP contribution in [0.1, 0.15) is 113 Å². The van der Waals surface area contributed by atoms with Gasteiger partial charge >= 0.3 is 12.0 Å². The predicted molar refractivity (Wildman–Crippen MR) is 299 cm³/mol. The first-order valence-corrected chi connectivity index (χ1v) is 28.7. The van der Waals surface area contributed by atoms with E-state index in [-0.39, 0.29) is 83.0 Å². The Bertz CT molecular complexity index is 3640. The van der Waals surface area contributed by atoms with Crippen LogP contribution in [0.5, 0.6) is 17.8 Å². The van der Waals surface area contributed by atoms with E-state index < -0.39 is 22.8 Å². The number of amides is 1. The van der Waals surface area contributed by atoms with Crippen molar-refractivity contribution < 1.29 is 38.4 Å². The molecule has 7 aliphatic heterocycles. The molecule has 0 aliphatic carbocycles. The molecule has 7 aliphatic rings. The average Bonchev–Trinajstić information content (AvgIpc) is 4.24. The zero-order valence-corrected chi connectivity index (χ0v) is 45.4. The first-order chi connectivity index (χ1) is 38.7. The van der Waals surface area contributed by atoms with Crippen LogP contribution in [-0.2, 0) is 11.4 Å². The molecule has 80 heavy (non-hydrogen) atoms. The molecule has 0 bridgehead atoms. The summed E-state index contributed by atoms with van der Waals surface area (Å²) >= 11 is 0. The second-order valence-electron chi connectivity index (χ2n) is 24.3. The van der Waals surface area contributed by atoms with Crippen LogP contribution in [0, 0.1) is 18.6 Å². The molecule has 4 unspecified atom stereocenters. The van der Waals surface area contributed by atoms with Gasteiger partial charge in [-0.3, -0.25) is 24.6 Å². The Morgan fingerprint density at radius 3 is 2.01 bits per heavy atom. The van der Waals surface area contributed by atoms with Crippen LogP contribution in [0.4, 0.5) is 20.4 Å². The number of aryl methyl sites for hydroxylation is 1. The molecule has 4 N–H and O–H groups in total. The quantitative estimate of drug-likeness (QED) is 0.0848. The van der Waals surface area contributed by atoms with E-state index in [2.05, 4.69) is 31.1 Å². The number of ether oxygens (including phenoxy) is 2. The van der Waals surface area contributed by atoms with Crippen molar-refractivity contribution in [3.05, 3.63) is 89.2 Å². The van der Waals surface area contributed by atoms with Crippen molar-refractivity contribution in [2.75, 3.05) is 68.8 Å². The molecule has 7 fully saturated rings. The Morgan fingerprint density at radius 1 is 0.713 bits per heavy atom. The number of aromatic hydroxyl groups is 1. The fourth-order valence-corrected chi connectivity index (χ4v) is 15.2. The molecule has 7 saturated heterocycles. The topological polar surface area (TPSA) is 199 Å². The summed E-state index contributed by atoms with van der Waals surface area (Å²) in [7, 11) is 0. The summed E-state index contributed by atoms with van der Waals surface area (Å²) in [4.78, 5) is 50.3. The zero-order valence-electron chi connectivity index (χ0n) is 45.4. The van der Waals surface area contributed by atoms with Gasteiger partial charge in [-0.05, 0) is 150 Å². The lowest BCUT2D eigenvalue weighted by Crippen LogP contribution is -2.68. The van der Waals surface area contributed by atoms with Crippen LogP contribution in [-0.4, -0.2) is 142 Å². The van der Waals surface area contributed by atoms with Crippen molar-refractivity contribution in [1.29, 1.82) is 0 Å². The largest absolute Gasteiger partial charge is 0.508 e. The maximum atomic E-state index is 17.9. The van der Waals surface area contributed by atoms with Crippen LogP contribution in [0.15, 0.2) is 60.9 Å². The van der Waals surface area contributed by atoms with E-state index in [9.17, 15) is 20.1 Å². The molecule has 4 aromatic heterocycles. The van der Waals surface area contributed by atoms with Crippen LogP contribution in [0.3, 0.4) is 0 Å². The summed E-state index contributed by atoms with van der Waals surface area (Å²) in [5, 5.41) is 38.2. The highest BCUT2D eigenvalue weighted by Gasteiger charge is 2.51. The number of hydrogen-bond acceptors (Lipinski definition) is 16. The second-order valence-corrected chi connectivity index (χ2v) is 24.3. The third-order valence-electron chi connectivity index (χ3n) is 19.1. The van der Waals surface area contributed by atoms with Gasteiger partial charge in [0.1, 0.15) is 53.0 Å². The van der Waals surface area contributed by atoms with Crippen LogP contribution in [0.25, 0.3) is 55.1 Å². The molecule has 1 spiro atoms. The molecular weight excluding hydrogens is 1020 g/mol. The summed E-state index contributed by atoms with van der Waals surface area (Å²) in [5.74, 6) is -0.271. The van der Waals surface area contributed by atoms with Crippen molar-refractivity contribution in [3.8, 4) is 40.3 Å². The van der Waals surface area contributed by atoms with Crippen molar-refractivity contribution in [3.63, 3.8) is 0 Å². The fraction of sp³-hybridized carbons (Fsp3) is 0.492. The smallest absolute Gasteiger partial charge is 0.319 e. The number of rotatable bonds is 12. The summed E-state index contributed by atoms with van der Waals surface area (Å²) < 4.78 is 48.1. The third kappa shape index (κ3) is 8.55. The number of nitrogens with zero attached hydrogens (tertiary/aromatic N) is 10. The molecular formula is C61H67F2N11O6. The van der Waals surface area contributed by atoms with Gasteiger partial charge in [-0.25, -0.2) is 8.78 Å². The minimum Gasteiger partial charge on any atom is -0.508 e. The summed E-state index contributed by atoms with van der Waals surface area (Å²) in [6.45, 7) is 8.97. The monoisotopic (exact) mass is 1090 g/mol. The van der Waals surface area contributed by atoms with E-state index in [0.29, 0.717) is 90.0 Å². The lowest BCUT2D eigenvalue weighted by molar-refractivity contribution is -0.133. The number of aromatic nitrogens is 6. The molecule has 14 rings (SSSR count). The number of anilines is 2. The molecule has 3 aromatic carbocycles. The van der Waals surface area contributed by atoms with Crippen molar-refractivity contribution in [1.82, 2.24) is 45.0 Å². The second kappa shape index (κ2) is 19.4. The summed E-state index contributed by atoms with van der Waals surface area (Å²) in [6.07, 6.45) is 14.3. The number of β-amino-alcohol motifs (C(OH)–C–C–N with tert-alkyl or cyclic N) is 1. The molecule has 4 atom stereocenters. The molecule has 0 saturated carbocycles. The third-order valence-corrected chi connectivity index (χ3v) is 19.1. The summed E-state index contributed by atoms with van der Waals surface area (Å²) in [5.41, 5.74) is 1.88. The molecule has 11 heterocycles. The van der Waals surface area contributed by atoms with Crippen molar-refractivity contribution in [2.24, 2.45) is 0 Å². The minimum atomic E-state index is -0.983. The zero-order chi connectivity index (χ0) is 54.7. The first kappa shape index (κ1) is 51.2. The highest BCUT2D eigenvalue weighted by Crippen LogP contribution is 2.52. The number of carbonyl (C=O) groups is 1. The molecule has 416 valence electrons. The fourth-order valence-electron chi connectivity index (χ4n) is 15.2. The van der Waals surface area contributed by atoms with E-state index in [1.807, 2.05) is 36.1 Å². The Kier molecular flexibility index (Phi) is 12.4. The number of β-lactam (4-membered cyclic amide) rings is 1. The number of aliphatic hydroxyl groups excluding tert-OH is 1. The van der Waals surface area contributed by atoms with Gasteiger partial charge in [0.05, 0.1) is 46.0 Å². The molecule has 19 heteroatoms. The highest BCUT2D eigenvalue weighted by molar-refractivity contribution is 6.02. The number of halogens is 2. The van der Waals surface area contributed by atoms with Gasteiger partial charge in [0.15, 0.2) is 11.6 Å². The van der Waals surface area contributed by atoms with Crippen LogP contribution < -0.4 is 24.6 Å². The Hall–Kier alpha value is -6.93. The van der Waals surface area contributed by atoms with Gasteiger partial charge in [0.25, 0.3) is 0 Å². The van der Waals surface area contributed by atoms with E-state index in [1.165, 1.54) is 6.07 Å². The normalized spacial score (nSPS) is 25.7. The van der Waals surface area contributed by atoms with E-state index in [0.717, 1.165) is 100 Å². The number of hydrogen-bond donors (Lipinski definition) is 4. The lowest BCUT2D eigenvalue weighted by atomic mass is 9.80. The summed E-state index contributed by atoms with van der Waals surface area (Å²) in [6, 6.07) is 14.7. The molecule has 7 aromatic rings. The lowest BCUT2D eigenvalue weighted by Gasteiger charge is -2.49. The average molecular weight is 1090 g/mol. The van der Waals surface area contributed by atoms with E-state index in [1.54, 1.807) is 31.5 Å². The maximum Gasteiger partial charge on any atom is 0.319 e. The predicted octanol–water partition coefficient (Wildman–Crippen LogP) is 8.60. The number of benzene rings is 3. The van der Waals surface area contributed by atoms with Crippen molar-refractivity contribution in [2.45, 2.75) is 132 Å². The molecule has 1 amide bonds. The number of fused-ring (bicyclic) bond motifs is 5. The van der Waals surface area contributed by atoms with Gasteiger partial charge in [-0.15, -0.1) is 0 Å². The van der Waals surface area contributed by atoms with E-state index in [4.69, 9.17) is 34.4 Å².